The van der Waals surface area contributed by atoms with E-state index >= 15 is 0 Å². The first-order chi connectivity index (χ1) is 13.2. The third-order valence-corrected chi connectivity index (χ3v) is 4.31. The lowest BCUT2D eigenvalue weighted by molar-refractivity contribution is 0.145. The van der Waals surface area contributed by atoms with E-state index in [0.717, 1.165) is 27.7 Å². The van der Waals surface area contributed by atoms with E-state index in [4.69, 9.17) is 0 Å². The Kier molecular flexibility index (Phi) is 4.93. The Morgan fingerprint density at radius 1 is 0.963 bits per heavy atom. The summed E-state index contributed by atoms with van der Waals surface area (Å²) in [4.78, 5) is 0. The van der Waals surface area contributed by atoms with Gasteiger partial charge >= 0.3 is 0 Å². The van der Waals surface area contributed by atoms with E-state index in [-0.39, 0.29) is 6.54 Å². The average molecular weight is 367 g/mol. The summed E-state index contributed by atoms with van der Waals surface area (Å²) in [6.07, 6.45) is 3.23. The standard InChI is InChI=1S/C20H19F2N5/c21-20(22)12-23-9-15-4-3-5-16(8-15)13-26-14-18(11-24-26)27-19-7-2-1-6-17(19)10-25-27/h1-8,10-11,14,20,23H,9,12-13H2. The zero-order valence-electron chi connectivity index (χ0n) is 14.6. The highest BCUT2D eigenvalue weighted by Crippen LogP contribution is 2.17. The van der Waals surface area contributed by atoms with Crippen LogP contribution >= 0.6 is 0 Å². The first-order valence-electron chi connectivity index (χ1n) is 8.71. The molecule has 0 saturated heterocycles. The van der Waals surface area contributed by atoms with E-state index in [2.05, 4.69) is 15.5 Å². The fourth-order valence-corrected chi connectivity index (χ4v) is 3.08. The highest BCUT2D eigenvalue weighted by atomic mass is 19.3. The van der Waals surface area contributed by atoms with Gasteiger partial charge in [-0.2, -0.15) is 10.2 Å². The molecule has 2 aromatic heterocycles. The molecule has 4 rings (SSSR count). The molecule has 5 nitrogen and oxygen atoms in total. The Morgan fingerprint density at radius 3 is 2.70 bits per heavy atom. The number of rotatable bonds is 7. The maximum Gasteiger partial charge on any atom is 0.250 e. The van der Waals surface area contributed by atoms with Crippen LogP contribution in [0.15, 0.2) is 67.1 Å². The SMILES string of the molecule is FC(F)CNCc1cccc(Cn2cc(-n3ncc4ccccc43)cn2)c1. The summed E-state index contributed by atoms with van der Waals surface area (Å²) in [5, 5.41) is 12.7. The predicted octanol–water partition coefficient (Wildman–Crippen LogP) is 3.63. The molecule has 138 valence electrons. The van der Waals surface area contributed by atoms with Crippen LogP contribution < -0.4 is 5.32 Å². The number of halogens is 2. The van der Waals surface area contributed by atoms with Crippen molar-refractivity contribution < 1.29 is 8.78 Å². The van der Waals surface area contributed by atoms with Crippen LogP contribution in [-0.2, 0) is 13.1 Å². The number of hydrogen-bond donors (Lipinski definition) is 1. The highest BCUT2D eigenvalue weighted by molar-refractivity contribution is 5.79. The van der Waals surface area contributed by atoms with Crippen molar-refractivity contribution in [3.05, 3.63) is 78.2 Å². The van der Waals surface area contributed by atoms with Gasteiger partial charge in [-0.3, -0.25) is 4.68 Å². The molecular formula is C20H19F2N5. The van der Waals surface area contributed by atoms with Crippen molar-refractivity contribution in [1.82, 2.24) is 24.9 Å². The van der Waals surface area contributed by atoms with Gasteiger partial charge in [-0.25, -0.2) is 13.5 Å². The van der Waals surface area contributed by atoms with Crippen molar-refractivity contribution in [3.8, 4) is 5.69 Å². The van der Waals surface area contributed by atoms with E-state index < -0.39 is 6.43 Å². The van der Waals surface area contributed by atoms with Gasteiger partial charge in [-0.1, -0.05) is 42.5 Å². The lowest BCUT2D eigenvalue weighted by Gasteiger charge is -2.07. The number of benzene rings is 2. The monoisotopic (exact) mass is 367 g/mol. The van der Waals surface area contributed by atoms with Gasteiger partial charge in [0.15, 0.2) is 0 Å². The van der Waals surface area contributed by atoms with Crippen molar-refractivity contribution in [1.29, 1.82) is 0 Å². The number of alkyl halides is 2. The number of fused-ring (bicyclic) bond motifs is 1. The van der Waals surface area contributed by atoms with Crippen LogP contribution in [0.1, 0.15) is 11.1 Å². The van der Waals surface area contributed by atoms with Crippen molar-refractivity contribution >= 4 is 10.9 Å². The van der Waals surface area contributed by atoms with Gasteiger partial charge in [0.05, 0.1) is 37.2 Å². The van der Waals surface area contributed by atoms with E-state index in [1.54, 1.807) is 6.20 Å². The Hall–Kier alpha value is -3.06. The molecule has 0 radical (unpaired) electrons. The molecule has 0 bridgehead atoms. The van der Waals surface area contributed by atoms with Crippen molar-refractivity contribution in [2.75, 3.05) is 6.54 Å². The number of hydrogen-bond acceptors (Lipinski definition) is 3. The number of para-hydroxylation sites is 1. The van der Waals surface area contributed by atoms with E-state index in [1.165, 1.54) is 0 Å². The summed E-state index contributed by atoms with van der Waals surface area (Å²) in [7, 11) is 0. The van der Waals surface area contributed by atoms with Crippen LogP contribution in [-0.4, -0.2) is 32.5 Å². The lowest BCUT2D eigenvalue weighted by Crippen LogP contribution is -2.20. The van der Waals surface area contributed by atoms with Gasteiger partial charge in [-0.05, 0) is 17.2 Å². The maximum atomic E-state index is 12.2. The smallest absolute Gasteiger partial charge is 0.250 e. The molecule has 0 amide bonds. The van der Waals surface area contributed by atoms with Crippen molar-refractivity contribution in [2.45, 2.75) is 19.5 Å². The Bertz CT molecular complexity index is 1040. The Balaban J connectivity index is 1.48. The molecule has 0 aliphatic rings. The maximum absolute atomic E-state index is 12.2. The molecule has 27 heavy (non-hydrogen) atoms. The highest BCUT2D eigenvalue weighted by Gasteiger charge is 2.07. The summed E-state index contributed by atoms with van der Waals surface area (Å²) in [5.41, 5.74) is 3.96. The minimum Gasteiger partial charge on any atom is -0.307 e. The van der Waals surface area contributed by atoms with Crippen LogP contribution in [0.5, 0.6) is 0 Å². The van der Waals surface area contributed by atoms with Gasteiger partial charge < -0.3 is 5.32 Å². The van der Waals surface area contributed by atoms with E-state index in [1.807, 2.05) is 70.3 Å². The predicted molar refractivity (Wildman–Crippen MR) is 100 cm³/mol. The Labute approximate surface area is 155 Å². The van der Waals surface area contributed by atoms with Crippen LogP contribution in [0.4, 0.5) is 8.78 Å². The lowest BCUT2D eigenvalue weighted by atomic mass is 10.1. The second-order valence-corrected chi connectivity index (χ2v) is 6.35. The molecule has 0 unspecified atom stereocenters. The largest absolute Gasteiger partial charge is 0.307 e. The first-order valence-corrected chi connectivity index (χ1v) is 8.71. The molecule has 1 N–H and O–H groups in total. The van der Waals surface area contributed by atoms with Crippen molar-refractivity contribution in [3.63, 3.8) is 0 Å². The molecular weight excluding hydrogens is 348 g/mol. The summed E-state index contributed by atoms with van der Waals surface area (Å²) < 4.78 is 28.2. The Morgan fingerprint density at radius 2 is 1.81 bits per heavy atom. The quantitative estimate of drug-likeness (QED) is 0.543. The molecule has 0 fully saturated rings. The minimum absolute atomic E-state index is 0.301. The van der Waals surface area contributed by atoms with Crippen LogP contribution in [0.3, 0.4) is 0 Å². The molecule has 7 heteroatoms. The second kappa shape index (κ2) is 7.67. The van der Waals surface area contributed by atoms with Crippen LogP contribution in [0.25, 0.3) is 16.6 Å². The van der Waals surface area contributed by atoms with Crippen molar-refractivity contribution in [2.24, 2.45) is 0 Å². The fourth-order valence-electron chi connectivity index (χ4n) is 3.08. The third-order valence-electron chi connectivity index (χ3n) is 4.31. The molecule has 0 atom stereocenters. The van der Waals surface area contributed by atoms with E-state index in [0.29, 0.717) is 13.1 Å². The molecule has 0 aliphatic carbocycles. The van der Waals surface area contributed by atoms with Crippen LogP contribution in [0, 0.1) is 0 Å². The summed E-state index contributed by atoms with van der Waals surface area (Å²) in [6.45, 7) is 0.717. The van der Waals surface area contributed by atoms with Gasteiger partial charge in [0, 0.05) is 11.9 Å². The molecule has 0 spiro atoms. The molecule has 0 aliphatic heterocycles. The van der Waals surface area contributed by atoms with Crippen LogP contribution in [0.2, 0.25) is 0 Å². The molecule has 2 heterocycles. The first kappa shape index (κ1) is 17.4. The second-order valence-electron chi connectivity index (χ2n) is 6.35. The normalized spacial score (nSPS) is 11.5. The van der Waals surface area contributed by atoms with Gasteiger partial charge in [0.2, 0.25) is 0 Å². The molecule has 4 aromatic rings. The number of nitrogens with zero attached hydrogens (tertiary/aromatic N) is 4. The minimum atomic E-state index is -2.34. The third kappa shape index (κ3) is 4.03. The summed E-state index contributed by atoms with van der Waals surface area (Å²) in [6, 6.07) is 15.9. The van der Waals surface area contributed by atoms with E-state index in [9.17, 15) is 8.78 Å². The summed E-state index contributed by atoms with van der Waals surface area (Å²) in [5.74, 6) is 0. The molecule has 0 saturated carbocycles. The average Bonchev–Trinajstić information content (AvgIpc) is 3.28. The van der Waals surface area contributed by atoms with Gasteiger partial charge in [0.25, 0.3) is 6.43 Å². The summed E-state index contributed by atoms with van der Waals surface area (Å²) >= 11 is 0. The zero-order valence-corrected chi connectivity index (χ0v) is 14.6. The molecule has 2 aromatic carbocycles. The van der Waals surface area contributed by atoms with Gasteiger partial charge in [-0.15, -0.1) is 0 Å². The number of nitrogens with one attached hydrogen (secondary N) is 1. The zero-order chi connectivity index (χ0) is 18.6. The van der Waals surface area contributed by atoms with Gasteiger partial charge in [0.1, 0.15) is 5.69 Å². The number of aromatic nitrogens is 4. The topological polar surface area (TPSA) is 47.7 Å². The fraction of sp³-hybridized carbons (Fsp3) is 0.200.